The van der Waals surface area contributed by atoms with Crippen LogP contribution in [0.15, 0.2) is 24.3 Å². The number of benzene rings is 1. The van der Waals surface area contributed by atoms with Crippen molar-refractivity contribution in [2.75, 3.05) is 0 Å². The molecule has 0 saturated heterocycles. The molecule has 2 atom stereocenters. The fraction of sp³-hybridized carbons (Fsp3) is 0.565. The normalized spacial score (nSPS) is 37.5. The van der Waals surface area contributed by atoms with Gasteiger partial charge in [-0.25, -0.2) is 0 Å². The van der Waals surface area contributed by atoms with Gasteiger partial charge in [-0.05, 0) is 81.8 Å². The Morgan fingerprint density at radius 3 is 2.58 bits per heavy atom. The van der Waals surface area contributed by atoms with Crippen LogP contribution in [0, 0.1) is 23.2 Å². The molecule has 0 radical (unpaired) electrons. The molecule has 0 amide bonds. The summed E-state index contributed by atoms with van der Waals surface area (Å²) < 4.78 is 0. The van der Waals surface area contributed by atoms with Crippen molar-refractivity contribution in [3.8, 4) is 0 Å². The van der Waals surface area contributed by atoms with E-state index in [1.54, 1.807) is 0 Å². The van der Waals surface area contributed by atoms with E-state index in [1.165, 1.54) is 24.8 Å². The zero-order valence-electron chi connectivity index (χ0n) is 15.7. The molecule has 6 rings (SSSR count). The van der Waals surface area contributed by atoms with Crippen LogP contribution in [0.25, 0.3) is 5.70 Å². The van der Waals surface area contributed by atoms with Gasteiger partial charge < -0.3 is 5.32 Å². The first kappa shape index (κ1) is 16.3. The van der Waals surface area contributed by atoms with Crippen LogP contribution in [-0.4, -0.2) is 17.6 Å². The first-order chi connectivity index (χ1) is 12.4. The molecule has 1 heterocycles. The number of carbonyl (C=O) groups excluding carboxylic acids is 2. The molecular formula is C23H27NO2. The Bertz CT molecular complexity index is 821. The van der Waals surface area contributed by atoms with Gasteiger partial charge in [0.2, 0.25) is 0 Å². The molecule has 1 aliphatic heterocycles. The van der Waals surface area contributed by atoms with Crippen LogP contribution in [0.2, 0.25) is 0 Å². The molecule has 0 aromatic heterocycles. The van der Waals surface area contributed by atoms with E-state index in [9.17, 15) is 9.59 Å². The molecular weight excluding hydrogens is 322 g/mol. The van der Waals surface area contributed by atoms with Crippen molar-refractivity contribution in [3.05, 3.63) is 41.0 Å². The lowest BCUT2D eigenvalue weighted by Crippen LogP contribution is -2.44. The minimum atomic E-state index is -0.0910. The summed E-state index contributed by atoms with van der Waals surface area (Å²) in [5.41, 5.74) is 3.64. The van der Waals surface area contributed by atoms with E-state index < -0.39 is 0 Å². The number of aldehydes is 1. The Morgan fingerprint density at radius 2 is 1.88 bits per heavy atom. The second kappa shape index (κ2) is 5.31. The molecule has 4 saturated carbocycles. The van der Waals surface area contributed by atoms with Crippen molar-refractivity contribution in [3.63, 3.8) is 0 Å². The summed E-state index contributed by atoms with van der Waals surface area (Å²) in [6.07, 6.45) is 9.73. The molecule has 3 nitrogen and oxygen atoms in total. The predicted octanol–water partition coefficient (Wildman–Crippen LogP) is 4.16. The Kier molecular flexibility index (Phi) is 3.33. The number of allylic oxidation sites excluding steroid dienone is 1. The van der Waals surface area contributed by atoms with Gasteiger partial charge in [-0.3, -0.25) is 9.59 Å². The molecule has 1 aromatic carbocycles. The van der Waals surface area contributed by atoms with Crippen molar-refractivity contribution < 1.29 is 9.59 Å². The molecule has 4 aliphatic carbocycles. The number of rotatable bonds is 3. The van der Waals surface area contributed by atoms with Gasteiger partial charge in [-0.1, -0.05) is 12.1 Å². The van der Waals surface area contributed by atoms with Crippen LogP contribution in [-0.2, 0) is 11.2 Å². The van der Waals surface area contributed by atoms with Crippen LogP contribution in [0.5, 0.6) is 0 Å². The number of ketones is 1. The molecule has 3 heteroatoms. The summed E-state index contributed by atoms with van der Waals surface area (Å²) in [5.74, 6) is 2.49. The summed E-state index contributed by atoms with van der Waals surface area (Å²) in [4.78, 5) is 24.7. The summed E-state index contributed by atoms with van der Waals surface area (Å²) >= 11 is 0. The van der Waals surface area contributed by atoms with Gasteiger partial charge in [0.1, 0.15) is 6.29 Å². The summed E-state index contributed by atoms with van der Waals surface area (Å²) in [6.45, 7) is 4.34. The molecule has 1 N–H and O–H groups in total. The van der Waals surface area contributed by atoms with Crippen LogP contribution in [0.1, 0.15) is 67.4 Å². The fourth-order valence-electron chi connectivity index (χ4n) is 6.61. The Balaban J connectivity index is 1.55. The maximum atomic E-state index is 13.5. The minimum absolute atomic E-state index is 0.0909. The molecule has 4 bridgehead atoms. The van der Waals surface area contributed by atoms with Gasteiger partial charge in [0.05, 0.1) is 0 Å². The van der Waals surface area contributed by atoms with Gasteiger partial charge in [0, 0.05) is 33.9 Å². The second-order valence-corrected chi connectivity index (χ2v) is 9.84. The molecule has 5 aliphatic rings. The number of nitrogens with one attached hydrogen (secondary N) is 1. The van der Waals surface area contributed by atoms with Gasteiger partial charge in [-0.2, -0.15) is 0 Å². The zero-order valence-corrected chi connectivity index (χ0v) is 15.7. The number of hydrogen-bond acceptors (Lipinski definition) is 3. The molecule has 0 spiro atoms. The highest BCUT2D eigenvalue weighted by Gasteiger charge is 2.60. The third kappa shape index (κ3) is 2.32. The van der Waals surface area contributed by atoms with E-state index in [2.05, 4.69) is 19.2 Å². The molecule has 26 heavy (non-hydrogen) atoms. The lowest BCUT2D eigenvalue weighted by atomic mass is 9.72. The van der Waals surface area contributed by atoms with E-state index >= 15 is 0 Å². The molecule has 2 unspecified atom stereocenters. The van der Waals surface area contributed by atoms with Crippen molar-refractivity contribution in [2.24, 2.45) is 23.2 Å². The summed E-state index contributed by atoms with van der Waals surface area (Å²) in [5, 5.41) is 3.58. The van der Waals surface area contributed by atoms with Gasteiger partial charge in [-0.15, -0.1) is 0 Å². The van der Waals surface area contributed by atoms with E-state index in [1.807, 2.05) is 24.3 Å². The van der Waals surface area contributed by atoms with Crippen molar-refractivity contribution >= 4 is 17.8 Å². The quantitative estimate of drug-likeness (QED) is 0.658. The predicted molar refractivity (Wildman–Crippen MR) is 102 cm³/mol. The average Bonchev–Trinajstić information content (AvgIpc) is 2.99. The monoisotopic (exact) mass is 349 g/mol. The van der Waals surface area contributed by atoms with E-state index in [4.69, 9.17) is 0 Å². The summed E-state index contributed by atoms with van der Waals surface area (Å²) in [7, 11) is 0. The van der Waals surface area contributed by atoms with Crippen LogP contribution in [0.4, 0.5) is 0 Å². The first-order valence-corrected chi connectivity index (χ1v) is 10.0. The highest BCUT2D eigenvalue weighted by atomic mass is 16.1. The average molecular weight is 349 g/mol. The molecule has 1 aromatic rings. The topological polar surface area (TPSA) is 46.2 Å². The lowest BCUT2D eigenvalue weighted by Gasteiger charge is -2.36. The highest BCUT2D eigenvalue weighted by molar-refractivity contribution is 6.02. The van der Waals surface area contributed by atoms with Gasteiger partial charge in [0.15, 0.2) is 5.78 Å². The molecule has 4 fully saturated rings. The second-order valence-electron chi connectivity index (χ2n) is 9.84. The van der Waals surface area contributed by atoms with Crippen LogP contribution in [0.3, 0.4) is 0 Å². The number of hydrogen-bond donors (Lipinski definition) is 1. The van der Waals surface area contributed by atoms with Crippen molar-refractivity contribution in [1.29, 1.82) is 0 Å². The number of carbonyl (C=O) groups is 2. The van der Waals surface area contributed by atoms with E-state index in [0.717, 1.165) is 48.6 Å². The van der Waals surface area contributed by atoms with Gasteiger partial charge >= 0.3 is 0 Å². The highest BCUT2D eigenvalue weighted by Crippen LogP contribution is 2.65. The standard InChI is InChI=1S/C23H27NO2/c1-22(2)12-17-4-3-14(13-25)8-19(17)20(24-22)9-21(26)23-10-15-5-16(11-23)7-18(23)6-15/h3-4,8-9,13,15-16,18,24H,5-7,10-12H2,1-2H3/b20-9-. The largest absolute Gasteiger partial charge is 0.379 e. The Morgan fingerprint density at radius 1 is 1.15 bits per heavy atom. The first-order valence-electron chi connectivity index (χ1n) is 10.0. The van der Waals surface area contributed by atoms with Crippen molar-refractivity contribution in [2.45, 2.75) is 57.9 Å². The van der Waals surface area contributed by atoms with Gasteiger partial charge in [0.25, 0.3) is 0 Å². The Hall–Kier alpha value is -1.90. The third-order valence-electron chi connectivity index (χ3n) is 7.42. The SMILES string of the molecule is CC1(C)Cc2ccc(C=O)cc2/C(=C/C(=O)C23CC4CC(CC2C4)C3)N1. The fourth-order valence-corrected chi connectivity index (χ4v) is 6.61. The van der Waals surface area contributed by atoms with Crippen LogP contribution >= 0.6 is 0 Å². The smallest absolute Gasteiger partial charge is 0.164 e. The number of fused-ring (bicyclic) bond motifs is 1. The van der Waals surface area contributed by atoms with Crippen LogP contribution < -0.4 is 5.32 Å². The van der Waals surface area contributed by atoms with Crippen molar-refractivity contribution in [1.82, 2.24) is 5.32 Å². The molecule has 136 valence electrons. The zero-order chi connectivity index (χ0) is 18.1. The summed E-state index contributed by atoms with van der Waals surface area (Å²) in [6, 6.07) is 5.85. The Labute approximate surface area is 155 Å². The lowest BCUT2D eigenvalue weighted by molar-refractivity contribution is -0.125. The maximum absolute atomic E-state index is 13.5. The third-order valence-corrected chi connectivity index (χ3v) is 7.42. The van der Waals surface area contributed by atoms with E-state index in [0.29, 0.717) is 17.3 Å². The maximum Gasteiger partial charge on any atom is 0.164 e. The minimum Gasteiger partial charge on any atom is -0.379 e. The van der Waals surface area contributed by atoms with E-state index in [-0.39, 0.29) is 11.0 Å².